The Bertz CT molecular complexity index is 1350. The second-order valence-corrected chi connectivity index (χ2v) is 9.48. The van der Waals surface area contributed by atoms with Crippen molar-refractivity contribution in [3.05, 3.63) is 94.0 Å². The summed E-state index contributed by atoms with van der Waals surface area (Å²) in [6.45, 7) is 6.31. The Morgan fingerprint density at radius 2 is 1.71 bits per heavy atom. The molecule has 0 aliphatic heterocycles. The van der Waals surface area contributed by atoms with E-state index in [4.69, 9.17) is 9.72 Å². The summed E-state index contributed by atoms with van der Waals surface area (Å²) in [5.41, 5.74) is 4.96. The Morgan fingerprint density at radius 1 is 1.00 bits per heavy atom. The van der Waals surface area contributed by atoms with Gasteiger partial charge in [-0.05, 0) is 60.9 Å². The number of esters is 1. The van der Waals surface area contributed by atoms with Crippen molar-refractivity contribution in [1.82, 2.24) is 4.98 Å². The topological polar surface area (TPSA) is 68.3 Å². The van der Waals surface area contributed by atoms with Crippen LogP contribution in [0.15, 0.2) is 77.3 Å². The van der Waals surface area contributed by atoms with Gasteiger partial charge < -0.3 is 10.1 Å². The van der Waals surface area contributed by atoms with Crippen LogP contribution >= 0.6 is 15.9 Å². The lowest BCUT2D eigenvalue weighted by Crippen LogP contribution is -2.14. The molecule has 0 bridgehead atoms. The number of anilines is 1. The van der Waals surface area contributed by atoms with Crippen molar-refractivity contribution < 1.29 is 14.3 Å². The normalized spacial score (nSPS) is 11.0. The summed E-state index contributed by atoms with van der Waals surface area (Å²) in [5.74, 6) is -0.362. The molecule has 0 saturated heterocycles. The van der Waals surface area contributed by atoms with Gasteiger partial charge in [0.25, 0.3) is 5.91 Å². The second kappa shape index (κ2) is 10.2. The van der Waals surface area contributed by atoms with Crippen LogP contribution in [0.4, 0.5) is 5.69 Å². The molecule has 0 aliphatic carbocycles. The molecule has 1 N–H and O–H groups in total. The Hall–Kier alpha value is -3.51. The van der Waals surface area contributed by atoms with Gasteiger partial charge in [0.15, 0.2) is 0 Å². The van der Waals surface area contributed by atoms with E-state index >= 15 is 0 Å². The van der Waals surface area contributed by atoms with Crippen LogP contribution in [0.25, 0.3) is 22.2 Å². The van der Waals surface area contributed by atoms with Crippen LogP contribution in [-0.4, -0.2) is 23.5 Å². The van der Waals surface area contributed by atoms with Gasteiger partial charge in [-0.2, -0.15) is 0 Å². The van der Waals surface area contributed by atoms with E-state index in [0.717, 1.165) is 32.2 Å². The van der Waals surface area contributed by atoms with Crippen molar-refractivity contribution in [3.8, 4) is 11.3 Å². The second-order valence-electron chi connectivity index (χ2n) is 8.56. The minimum atomic E-state index is -0.375. The number of benzene rings is 3. The summed E-state index contributed by atoms with van der Waals surface area (Å²) < 4.78 is 6.15. The highest BCUT2D eigenvalue weighted by atomic mass is 79.9. The van der Waals surface area contributed by atoms with Crippen LogP contribution in [0.3, 0.4) is 0 Å². The Balaban J connectivity index is 1.66. The average Bonchev–Trinajstić information content (AvgIpc) is 2.83. The highest BCUT2D eigenvalue weighted by Gasteiger charge is 2.17. The minimum absolute atomic E-state index is 0.253. The number of aromatic nitrogens is 1. The van der Waals surface area contributed by atoms with Crippen LogP contribution in [0.1, 0.15) is 40.1 Å². The van der Waals surface area contributed by atoms with E-state index in [2.05, 4.69) is 21.2 Å². The summed E-state index contributed by atoms with van der Waals surface area (Å²) in [4.78, 5) is 30.4. The van der Waals surface area contributed by atoms with Crippen LogP contribution in [-0.2, 0) is 4.74 Å². The molecule has 0 spiro atoms. The summed E-state index contributed by atoms with van der Waals surface area (Å²) in [6.07, 6.45) is 0. The number of nitrogens with zero attached hydrogens (tertiary/aromatic N) is 1. The van der Waals surface area contributed by atoms with E-state index < -0.39 is 0 Å². The number of nitrogens with one attached hydrogen (secondary N) is 1. The number of hydrogen-bond donors (Lipinski definition) is 1. The largest absolute Gasteiger partial charge is 0.462 e. The zero-order valence-electron chi connectivity index (χ0n) is 19.3. The van der Waals surface area contributed by atoms with Gasteiger partial charge in [-0.25, -0.2) is 9.78 Å². The lowest BCUT2D eigenvalue weighted by molar-refractivity contribution is 0.0459. The van der Waals surface area contributed by atoms with E-state index in [0.29, 0.717) is 23.4 Å². The first kappa shape index (κ1) is 23.6. The standard InChI is InChI=1S/C28H25BrN2O3/c1-17(2)16-34-28(33)20-9-11-22(12-10-20)30-27(32)24-15-25(19-7-5-4-6-8-19)31-26-18(3)13-21(29)14-23(24)26/h4-15,17H,16H2,1-3H3,(H,30,32). The lowest BCUT2D eigenvalue weighted by Gasteiger charge is -2.13. The van der Waals surface area contributed by atoms with Crippen molar-refractivity contribution >= 4 is 44.4 Å². The number of rotatable bonds is 6. The van der Waals surface area contributed by atoms with Crippen molar-refractivity contribution in [1.29, 1.82) is 0 Å². The van der Waals surface area contributed by atoms with Gasteiger partial charge in [-0.3, -0.25) is 4.79 Å². The van der Waals surface area contributed by atoms with Crippen molar-refractivity contribution in [2.45, 2.75) is 20.8 Å². The van der Waals surface area contributed by atoms with Crippen LogP contribution in [0, 0.1) is 12.8 Å². The van der Waals surface area contributed by atoms with Gasteiger partial charge in [0, 0.05) is 21.1 Å². The number of halogens is 1. The van der Waals surface area contributed by atoms with Crippen molar-refractivity contribution in [2.24, 2.45) is 5.92 Å². The monoisotopic (exact) mass is 516 g/mol. The van der Waals surface area contributed by atoms with Crippen LogP contribution in [0.2, 0.25) is 0 Å². The van der Waals surface area contributed by atoms with Gasteiger partial charge >= 0.3 is 5.97 Å². The Morgan fingerprint density at radius 3 is 2.38 bits per heavy atom. The van der Waals surface area contributed by atoms with Gasteiger partial charge in [0.1, 0.15) is 0 Å². The molecule has 1 heterocycles. The molecule has 0 fully saturated rings. The fraction of sp³-hybridized carbons (Fsp3) is 0.179. The molecule has 0 atom stereocenters. The van der Waals surface area contributed by atoms with Gasteiger partial charge in [-0.1, -0.05) is 60.1 Å². The molecule has 34 heavy (non-hydrogen) atoms. The first-order valence-electron chi connectivity index (χ1n) is 11.1. The van der Waals surface area contributed by atoms with Crippen molar-refractivity contribution in [3.63, 3.8) is 0 Å². The maximum Gasteiger partial charge on any atom is 0.338 e. The van der Waals surface area contributed by atoms with E-state index in [9.17, 15) is 9.59 Å². The number of carbonyl (C=O) groups is 2. The number of pyridine rings is 1. The third kappa shape index (κ3) is 5.34. The maximum absolute atomic E-state index is 13.4. The summed E-state index contributed by atoms with van der Waals surface area (Å²) in [5, 5.41) is 3.71. The molecular weight excluding hydrogens is 492 g/mol. The molecule has 5 nitrogen and oxygen atoms in total. The molecular formula is C28H25BrN2O3. The van der Waals surface area contributed by atoms with E-state index in [1.807, 2.05) is 69.3 Å². The van der Waals surface area contributed by atoms with Gasteiger partial charge in [-0.15, -0.1) is 0 Å². The predicted octanol–water partition coefficient (Wildman–Crippen LogP) is 7.04. The highest BCUT2D eigenvalue weighted by Crippen LogP contribution is 2.30. The van der Waals surface area contributed by atoms with Crippen molar-refractivity contribution in [2.75, 3.05) is 11.9 Å². The molecule has 172 valence electrons. The number of carbonyl (C=O) groups excluding carboxylic acids is 2. The maximum atomic E-state index is 13.4. The quantitative estimate of drug-likeness (QED) is 0.279. The first-order valence-corrected chi connectivity index (χ1v) is 11.9. The molecule has 0 aliphatic rings. The number of amides is 1. The molecule has 0 radical (unpaired) electrons. The number of ether oxygens (including phenoxy) is 1. The Kier molecular flexibility index (Phi) is 7.08. The predicted molar refractivity (Wildman–Crippen MR) is 139 cm³/mol. The molecule has 0 unspecified atom stereocenters. The highest BCUT2D eigenvalue weighted by molar-refractivity contribution is 9.10. The van der Waals surface area contributed by atoms with E-state index in [1.54, 1.807) is 24.3 Å². The zero-order chi connectivity index (χ0) is 24.2. The fourth-order valence-electron chi connectivity index (χ4n) is 3.61. The number of aryl methyl sites for hydroxylation is 1. The van der Waals surface area contributed by atoms with Crippen LogP contribution in [0.5, 0.6) is 0 Å². The first-order chi connectivity index (χ1) is 16.3. The summed E-state index contributed by atoms with van der Waals surface area (Å²) in [6, 6.07) is 22.2. The summed E-state index contributed by atoms with van der Waals surface area (Å²) in [7, 11) is 0. The fourth-order valence-corrected chi connectivity index (χ4v) is 4.19. The minimum Gasteiger partial charge on any atom is -0.462 e. The van der Waals surface area contributed by atoms with E-state index in [-0.39, 0.29) is 17.8 Å². The third-order valence-electron chi connectivity index (χ3n) is 5.31. The van der Waals surface area contributed by atoms with E-state index in [1.165, 1.54) is 0 Å². The van der Waals surface area contributed by atoms with Gasteiger partial charge in [0.2, 0.25) is 0 Å². The molecule has 1 amide bonds. The molecule has 1 aromatic heterocycles. The molecule has 4 rings (SSSR count). The molecule has 3 aromatic carbocycles. The number of fused-ring (bicyclic) bond motifs is 1. The smallest absolute Gasteiger partial charge is 0.338 e. The zero-order valence-corrected chi connectivity index (χ0v) is 20.8. The molecule has 0 saturated carbocycles. The number of hydrogen-bond acceptors (Lipinski definition) is 4. The third-order valence-corrected chi connectivity index (χ3v) is 5.77. The summed E-state index contributed by atoms with van der Waals surface area (Å²) >= 11 is 3.54. The molecule has 6 heteroatoms. The Labute approximate surface area is 207 Å². The lowest BCUT2D eigenvalue weighted by atomic mass is 10.0. The van der Waals surface area contributed by atoms with Crippen LogP contribution < -0.4 is 5.32 Å². The average molecular weight is 517 g/mol. The van der Waals surface area contributed by atoms with Gasteiger partial charge in [0.05, 0.1) is 28.9 Å². The molecule has 4 aromatic rings. The SMILES string of the molecule is Cc1cc(Br)cc2c(C(=O)Nc3ccc(C(=O)OCC(C)C)cc3)cc(-c3ccccc3)nc12.